The number of amides is 1. The Morgan fingerprint density at radius 3 is 2.27 bits per heavy atom. The summed E-state index contributed by atoms with van der Waals surface area (Å²) in [7, 11) is 0. The van der Waals surface area contributed by atoms with Crippen LogP contribution in [0.1, 0.15) is 26.2 Å². The number of carbonyl (C=O) groups excluding carboxylic acids is 1. The average Bonchev–Trinajstić information content (AvgIpc) is 1.84. The lowest BCUT2D eigenvalue weighted by molar-refractivity contribution is -0.138. The molecule has 0 aromatic heterocycles. The topological polar surface area (TPSA) is 80.4 Å². The molecule has 0 aliphatic heterocycles. The Labute approximate surface area is 65.4 Å². The molecular weight excluding hydrogens is 146 g/mol. The summed E-state index contributed by atoms with van der Waals surface area (Å²) >= 11 is 0. The van der Waals surface area contributed by atoms with Crippen molar-refractivity contribution < 1.29 is 14.7 Å². The van der Waals surface area contributed by atoms with Crippen LogP contribution in [0.2, 0.25) is 0 Å². The van der Waals surface area contributed by atoms with Crippen LogP contribution in [0.5, 0.6) is 0 Å². The minimum atomic E-state index is -0.877. The fraction of sp³-hybridized carbons (Fsp3) is 0.714. The van der Waals surface area contributed by atoms with E-state index >= 15 is 0 Å². The number of carbonyl (C=O) groups is 2. The number of hydrogen-bond donors (Lipinski definition) is 2. The summed E-state index contributed by atoms with van der Waals surface area (Å²) < 4.78 is 0. The van der Waals surface area contributed by atoms with Gasteiger partial charge in [-0.15, -0.1) is 0 Å². The van der Waals surface area contributed by atoms with Gasteiger partial charge in [0, 0.05) is 12.8 Å². The van der Waals surface area contributed by atoms with Gasteiger partial charge in [0.2, 0.25) is 5.91 Å². The van der Waals surface area contributed by atoms with Crippen molar-refractivity contribution in [1.82, 2.24) is 0 Å². The molecule has 3 N–H and O–H groups in total. The van der Waals surface area contributed by atoms with E-state index in [9.17, 15) is 9.59 Å². The van der Waals surface area contributed by atoms with Gasteiger partial charge >= 0.3 is 5.97 Å². The van der Waals surface area contributed by atoms with Gasteiger partial charge in [-0.25, -0.2) is 0 Å². The van der Waals surface area contributed by atoms with E-state index in [1.165, 1.54) is 0 Å². The molecule has 1 atom stereocenters. The van der Waals surface area contributed by atoms with Crippen LogP contribution in [0.4, 0.5) is 0 Å². The van der Waals surface area contributed by atoms with E-state index in [1.54, 1.807) is 0 Å². The quantitative estimate of drug-likeness (QED) is 0.607. The van der Waals surface area contributed by atoms with Crippen LogP contribution in [-0.2, 0) is 9.59 Å². The number of aliphatic carboxylic acids is 1. The van der Waals surface area contributed by atoms with Crippen LogP contribution in [0.25, 0.3) is 0 Å². The van der Waals surface area contributed by atoms with E-state index in [0.29, 0.717) is 6.42 Å². The summed E-state index contributed by atoms with van der Waals surface area (Å²) in [6, 6.07) is 0. The average molecular weight is 159 g/mol. The molecule has 1 amide bonds. The van der Waals surface area contributed by atoms with Crippen LogP contribution < -0.4 is 5.73 Å². The second kappa shape index (κ2) is 4.71. The molecule has 0 heterocycles. The SMILES string of the molecule is CCC(CC(N)=O)CC(=O)O. The smallest absolute Gasteiger partial charge is 0.303 e. The zero-order valence-electron chi connectivity index (χ0n) is 6.54. The summed E-state index contributed by atoms with van der Waals surface area (Å²) in [4.78, 5) is 20.6. The van der Waals surface area contributed by atoms with E-state index in [4.69, 9.17) is 10.8 Å². The molecule has 0 spiro atoms. The maximum Gasteiger partial charge on any atom is 0.303 e. The lowest BCUT2D eigenvalue weighted by atomic mass is 9.98. The van der Waals surface area contributed by atoms with E-state index < -0.39 is 11.9 Å². The molecule has 0 saturated heterocycles. The second-order valence-corrected chi connectivity index (χ2v) is 2.54. The molecular formula is C7H13NO3. The Morgan fingerprint density at radius 1 is 1.45 bits per heavy atom. The third kappa shape index (κ3) is 5.39. The zero-order chi connectivity index (χ0) is 8.85. The highest BCUT2D eigenvalue weighted by Crippen LogP contribution is 2.11. The van der Waals surface area contributed by atoms with Crippen LogP contribution in [0.15, 0.2) is 0 Å². The van der Waals surface area contributed by atoms with Crippen LogP contribution in [0.3, 0.4) is 0 Å². The van der Waals surface area contributed by atoms with Gasteiger partial charge in [0.05, 0.1) is 0 Å². The Balaban J connectivity index is 3.76. The third-order valence-electron chi connectivity index (χ3n) is 1.53. The molecule has 0 aromatic carbocycles. The second-order valence-electron chi connectivity index (χ2n) is 2.54. The van der Waals surface area contributed by atoms with Crippen LogP contribution in [-0.4, -0.2) is 17.0 Å². The van der Waals surface area contributed by atoms with Crippen molar-refractivity contribution in [3.63, 3.8) is 0 Å². The van der Waals surface area contributed by atoms with Gasteiger partial charge < -0.3 is 10.8 Å². The minimum absolute atomic E-state index is 0.0272. The number of carboxylic acids is 1. The number of nitrogens with two attached hydrogens (primary N) is 1. The maximum absolute atomic E-state index is 10.4. The van der Waals surface area contributed by atoms with Gasteiger partial charge in [0.1, 0.15) is 0 Å². The van der Waals surface area contributed by atoms with Crippen molar-refractivity contribution in [3.05, 3.63) is 0 Å². The first-order valence-electron chi connectivity index (χ1n) is 3.56. The van der Waals surface area contributed by atoms with Crippen molar-refractivity contribution in [2.75, 3.05) is 0 Å². The van der Waals surface area contributed by atoms with Crippen molar-refractivity contribution in [2.45, 2.75) is 26.2 Å². The fourth-order valence-electron chi connectivity index (χ4n) is 0.892. The lowest BCUT2D eigenvalue weighted by Gasteiger charge is -2.08. The summed E-state index contributed by atoms with van der Waals surface area (Å²) in [5.41, 5.74) is 4.91. The largest absolute Gasteiger partial charge is 0.481 e. The molecule has 0 aliphatic rings. The number of hydrogen-bond acceptors (Lipinski definition) is 2. The van der Waals surface area contributed by atoms with Gasteiger partial charge in [-0.2, -0.15) is 0 Å². The van der Waals surface area contributed by atoms with E-state index in [2.05, 4.69) is 0 Å². The normalized spacial score (nSPS) is 12.5. The Kier molecular flexibility index (Phi) is 4.26. The third-order valence-corrected chi connectivity index (χ3v) is 1.53. The molecule has 0 rings (SSSR count). The predicted molar refractivity (Wildman–Crippen MR) is 39.8 cm³/mol. The molecule has 64 valence electrons. The van der Waals surface area contributed by atoms with Gasteiger partial charge in [0.25, 0.3) is 0 Å². The van der Waals surface area contributed by atoms with Crippen molar-refractivity contribution in [1.29, 1.82) is 0 Å². The van der Waals surface area contributed by atoms with Crippen LogP contribution in [0, 0.1) is 5.92 Å². The highest BCUT2D eigenvalue weighted by molar-refractivity contribution is 5.75. The molecule has 11 heavy (non-hydrogen) atoms. The van der Waals surface area contributed by atoms with Gasteiger partial charge in [-0.05, 0) is 5.92 Å². The Morgan fingerprint density at radius 2 is 2.00 bits per heavy atom. The van der Waals surface area contributed by atoms with E-state index in [1.807, 2.05) is 6.92 Å². The predicted octanol–water partition coefficient (Wildman–Crippen LogP) is 0.363. The molecule has 0 fully saturated rings. The monoisotopic (exact) mass is 159 g/mol. The van der Waals surface area contributed by atoms with Crippen molar-refractivity contribution >= 4 is 11.9 Å². The van der Waals surface area contributed by atoms with Crippen molar-refractivity contribution in [2.24, 2.45) is 11.7 Å². The van der Waals surface area contributed by atoms with Gasteiger partial charge in [0.15, 0.2) is 0 Å². The zero-order valence-corrected chi connectivity index (χ0v) is 6.54. The first kappa shape index (κ1) is 9.94. The highest BCUT2D eigenvalue weighted by atomic mass is 16.4. The summed E-state index contributed by atoms with van der Waals surface area (Å²) in [6.07, 6.45) is 0.872. The molecule has 4 nitrogen and oxygen atoms in total. The van der Waals surface area contributed by atoms with Gasteiger partial charge in [-0.1, -0.05) is 13.3 Å². The molecule has 1 unspecified atom stereocenters. The first-order valence-corrected chi connectivity index (χ1v) is 3.56. The maximum atomic E-state index is 10.4. The molecule has 0 aromatic rings. The molecule has 0 bridgehead atoms. The Bertz CT molecular complexity index is 140. The number of carboxylic acid groups (broad SMARTS) is 1. The minimum Gasteiger partial charge on any atom is -0.481 e. The highest BCUT2D eigenvalue weighted by Gasteiger charge is 2.12. The number of primary amides is 1. The standard InChI is InChI=1S/C7H13NO3/c1-2-5(3-6(8)9)4-7(10)11/h5H,2-4H2,1H3,(H2,8,9)(H,10,11). The molecule has 0 radical (unpaired) electrons. The van der Waals surface area contributed by atoms with Crippen molar-refractivity contribution in [3.8, 4) is 0 Å². The van der Waals surface area contributed by atoms with Crippen LogP contribution >= 0.6 is 0 Å². The molecule has 0 saturated carbocycles. The summed E-state index contributed by atoms with van der Waals surface area (Å²) in [6.45, 7) is 1.84. The Hall–Kier alpha value is -1.06. The summed E-state index contributed by atoms with van der Waals surface area (Å²) in [5.74, 6) is -1.42. The van der Waals surface area contributed by atoms with Gasteiger partial charge in [-0.3, -0.25) is 9.59 Å². The van der Waals surface area contributed by atoms with E-state index in [0.717, 1.165) is 0 Å². The number of rotatable bonds is 5. The fourth-order valence-corrected chi connectivity index (χ4v) is 0.892. The van der Waals surface area contributed by atoms with E-state index in [-0.39, 0.29) is 18.8 Å². The first-order chi connectivity index (χ1) is 5.06. The summed E-state index contributed by atoms with van der Waals surface area (Å²) in [5, 5.41) is 8.38. The molecule has 0 aliphatic carbocycles. The lowest BCUT2D eigenvalue weighted by Crippen LogP contribution is -2.18. The molecule has 4 heteroatoms.